The molecular formula is C17H24FNO2. The van der Waals surface area contributed by atoms with E-state index in [1.807, 2.05) is 0 Å². The van der Waals surface area contributed by atoms with Crippen molar-refractivity contribution in [3.05, 3.63) is 29.6 Å². The molecule has 2 rings (SSSR count). The molecule has 116 valence electrons. The van der Waals surface area contributed by atoms with Gasteiger partial charge in [-0.2, -0.15) is 0 Å². The number of carbonyl (C=O) groups excluding carboxylic acids is 1. The van der Waals surface area contributed by atoms with Gasteiger partial charge >= 0.3 is 0 Å². The van der Waals surface area contributed by atoms with Gasteiger partial charge in [0.05, 0.1) is 5.56 Å². The molecule has 1 aromatic rings. The van der Waals surface area contributed by atoms with Crippen LogP contribution in [0.5, 0.6) is 5.75 Å². The van der Waals surface area contributed by atoms with E-state index in [1.165, 1.54) is 13.0 Å². The number of rotatable bonds is 6. The first-order valence-electron chi connectivity index (χ1n) is 7.66. The standard InChI is InChI=1S/C17H24FNO2/c1-11(2)9-16(13-7-8-19-10-13)21-15-6-4-5-14(18)17(15)12(3)20/h4-6,11,13,16,19H,7-10H2,1-3H3/t13-,16-/m0/s1. The third kappa shape index (κ3) is 4.03. The highest BCUT2D eigenvalue weighted by Crippen LogP contribution is 2.28. The van der Waals surface area contributed by atoms with Gasteiger partial charge < -0.3 is 10.1 Å². The molecule has 0 saturated carbocycles. The Bertz CT molecular complexity index is 496. The van der Waals surface area contributed by atoms with Gasteiger partial charge in [-0.3, -0.25) is 4.79 Å². The van der Waals surface area contributed by atoms with Gasteiger partial charge in [-0.1, -0.05) is 19.9 Å². The number of ketones is 1. The lowest BCUT2D eigenvalue weighted by Gasteiger charge is -2.27. The summed E-state index contributed by atoms with van der Waals surface area (Å²) in [5.74, 6) is 0.476. The van der Waals surface area contributed by atoms with Crippen molar-refractivity contribution in [2.24, 2.45) is 11.8 Å². The van der Waals surface area contributed by atoms with Crippen LogP contribution in [0, 0.1) is 17.7 Å². The smallest absolute Gasteiger partial charge is 0.166 e. The van der Waals surface area contributed by atoms with Crippen molar-refractivity contribution in [1.82, 2.24) is 5.32 Å². The molecule has 1 aromatic carbocycles. The number of nitrogens with one attached hydrogen (secondary N) is 1. The molecule has 0 bridgehead atoms. The summed E-state index contributed by atoms with van der Waals surface area (Å²) in [5.41, 5.74) is 0.0669. The topological polar surface area (TPSA) is 38.3 Å². The molecule has 2 atom stereocenters. The Balaban J connectivity index is 2.23. The Hall–Kier alpha value is -1.42. The van der Waals surface area contributed by atoms with Gasteiger partial charge in [0, 0.05) is 12.5 Å². The van der Waals surface area contributed by atoms with E-state index in [4.69, 9.17) is 4.74 Å². The number of halogens is 1. The minimum Gasteiger partial charge on any atom is -0.489 e. The summed E-state index contributed by atoms with van der Waals surface area (Å²) in [5, 5.41) is 3.34. The van der Waals surface area contributed by atoms with Crippen molar-refractivity contribution < 1.29 is 13.9 Å². The van der Waals surface area contributed by atoms with Crippen LogP contribution in [-0.4, -0.2) is 25.0 Å². The summed E-state index contributed by atoms with van der Waals surface area (Å²) < 4.78 is 20.0. The van der Waals surface area contributed by atoms with E-state index >= 15 is 0 Å². The zero-order valence-corrected chi connectivity index (χ0v) is 13.0. The fraction of sp³-hybridized carbons (Fsp3) is 0.588. The molecule has 1 aliphatic rings. The third-order valence-corrected chi connectivity index (χ3v) is 3.93. The second-order valence-electron chi connectivity index (χ2n) is 6.21. The molecule has 1 saturated heterocycles. The van der Waals surface area contributed by atoms with Crippen LogP contribution >= 0.6 is 0 Å². The lowest BCUT2D eigenvalue weighted by atomic mass is 9.93. The summed E-state index contributed by atoms with van der Waals surface area (Å²) >= 11 is 0. The summed E-state index contributed by atoms with van der Waals surface area (Å²) in [4.78, 5) is 11.7. The van der Waals surface area contributed by atoms with E-state index in [0.29, 0.717) is 17.6 Å². The molecule has 0 aliphatic carbocycles. The van der Waals surface area contributed by atoms with Crippen molar-refractivity contribution in [2.45, 2.75) is 39.7 Å². The molecule has 1 N–H and O–H groups in total. The summed E-state index contributed by atoms with van der Waals surface area (Å²) in [6.45, 7) is 7.58. The second-order valence-corrected chi connectivity index (χ2v) is 6.21. The predicted octanol–water partition coefficient (Wildman–Crippen LogP) is 3.43. The van der Waals surface area contributed by atoms with Crippen LogP contribution in [0.4, 0.5) is 4.39 Å². The fourth-order valence-corrected chi connectivity index (χ4v) is 2.90. The van der Waals surface area contributed by atoms with Gasteiger partial charge in [0.2, 0.25) is 0 Å². The molecule has 1 aliphatic heterocycles. The summed E-state index contributed by atoms with van der Waals surface area (Å²) in [6.07, 6.45) is 1.97. The molecule has 21 heavy (non-hydrogen) atoms. The van der Waals surface area contributed by atoms with Crippen molar-refractivity contribution in [1.29, 1.82) is 0 Å². The van der Waals surface area contributed by atoms with Crippen LogP contribution in [0.2, 0.25) is 0 Å². The second kappa shape index (κ2) is 7.03. The minimum atomic E-state index is -0.507. The number of carbonyl (C=O) groups is 1. The number of hydrogen-bond donors (Lipinski definition) is 1. The number of Topliss-reactive ketones (excluding diaryl/α,β-unsaturated/α-hetero) is 1. The lowest BCUT2D eigenvalue weighted by molar-refractivity contribution is 0.0977. The van der Waals surface area contributed by atoms with Crippen LogP contribution in [0.3, 0.4) is 0 Å². The zero-order valence-electron chi connectivity index (χ0n) is 13.0. The Labute approximate surface area is 125 Å². The van der Waals surface area contributed by atoms with E-state index in [9.17, 15) is 9.18 Å². The summed E-state index contributed by atoms with van der Waals surface area (Å²) in [7, 11) is 0. The number of benzene rings is 1. The van der Waals surface area contributed by atoms with Crippen LogP contribution in [0.1, 0.15) is 44.0 Å². The van der Waals surface area contributed by atoms with Crippen LogP contribution in [0.25, 0.3) is 0 Å². The maximum absolute atomic E-state index is 13.9. The highest BCUT2D eigenvalue weighted by atomic mass is 19.1. The summed E-state index contributed by atoms with van der Waals surface area (Å²) in [6, 6.07) is 4.59. The number of hydrogen-bond acceptors (Lipinski definition) is 3. The molecule has 1 heterocycles. The molecule has 3 nitrogen and oxygen atoms in total. The Morgan fingerprint density at radius 2 is 2.24 bits per heavy atom. The Morgan fingerprint density at radius 3 is 2.81 bits per heavy atom. The van der Waals surface area contributed by atoms with E-state index in [2.05, 4.69) is 19.2 Å². The fourth-order valence-electron chi connectivity index (χ4n) is 2.90. The normalized spacial score (nSPS) is 19.8. The van der Waals surface area contributed by atoms with Gasteiger partial charge in [-0.15, -0.1) is 0 Å². The molecular weight excluding hydrogens is 269 g/mol. The first-order valence-corrected chi connectivity index (χ1v) is 7.66. The van der Waals surface area contributed by atoms with Crippen molar-refractivity contribution in [2.75, 3.05) is 13.1 Å². The van der Waals surface area contributed by atoms with E-state index < -0.39 is 5.82 Å². The molecule has 4 heteroatoms. The predicted molar refractivity (Wildman–Crippen MR) is 81.3 cm³/mol. The first-order chi connectivity index (χ1) is 9.99. The van der Waals surface area contributed by atoms with Crippen molar-refractivity contribution in [3.8, 4) is 5.75 Å². The largest absolute Gasteiger partial charge is 0.489 e. The zero-order chi connectivity index (χ0) is 15.4. The first kappa shape index (κ1) is 16.0. The van der Waals surface area contributed by atoms with Gasteiger partial charge in [-0.05, 0) is 44.4 Å². The molecule has 1 fully saturated rings. The maximum atomic E-state index is 13.9. The Kier molecular flexibility index (Phi) is 5.34. The third-order valence-electron chi connectivity index (χ3n) is 3.93. The molecule has 0 unspecified atom stereocenters. The van der Waals surface area contributed by atoms with Gasteiger partial charge in [0.1, 0.15) is 17.7 Å². The highest BCUT2D eigenvalue weighted by molar-refractivity contribution is 5.97. The van der Waals surface area contributed by atoms with Gasteiger partial charge in [0.15, 0.2) is 5.78 Å². The Morgan fingerprint density at radius 1 is 1.48 bits per heavy atom. The monoisotopic (exact) mass is 293 g/mol. The van der Waals surface area contributed by atoms with Crippen LogP contribution in [0.15, 0.2) is 18.2 Å². The van der Waals surface area contributed by atoms with Crippen LogP contribution < -0.4 is 10.1 Å². The van der Waals surface area contributed by atoms with E-state index in [0.717, 1.165) is 25.9 Å². The average molecular weight is 293 g/mol. The maximum Gasteiger partial charge on any atom is 0.166 e. The number of ether oxygens (including phenoxy) is 1. The molecule has 0 radical (unpaired) electrons. The van der Waals surface area contributed by atoms with Crippen molar-refractivity contribution in [3.63, 3.8) is 0 Å². The van der Waals surface area contributed by atoms with E-state index in [1.54, 1.807) is 12.1 Å². The average Bonchev–Trinajstić information content (AvgIpc) is 2.90. The quantitative estimate of drug-likeness (QED) is 0.817. The lowest BCUT2D eigenvalue weighted by Crippen LogP contribution is -2.30. The molecule has 0 aromatic heterocycles. The SMILES string of the molecule is CC(=O)c1c(F)cccc1O[C@@H](CC(C)C)[C@H]1CCNC1. The molecule has 0 amide bonds. The van der Waals surface area contributed by atoms with E-state index in [-0.39, 0.29) is 17.5 Å². The van der Waals surface area contributed by atoms with Gasteiger partial charge in [-0.25, -0.2) is 4.39 Å². The molecule has 0 spiro atoms. The van der Waals surface area contributed by atoms with Crippen molar-refractivity contribution >= 4 is 5.78 Å². The van der Waals surface area contributed by atoms with Crippen LogP contribution in [-0.2, 0) is 0 Å². The minimum absolute atomic E-state index is 0.0138. The highest BCUT2D eigenvalue weighted by Gasteiger charge is 2.28. The van der Waals surface area contributed by atoms with Gasteiger partial charge in [0.25, 0.3) is 0 Å².